The number of benzene rings is 2. The summed E-state index contributed by atoms with van der Waals surface area (Å²) in [4.78, 5) is 42.4. The molecule has 1 aromatic heterocycles. The molecule has 1 N–H and O–H groups in total. The average Bonchev–Trinajstić information content (AvgIpc) is 3.32. The van der Waals surface area contributed by atoms with E-state index >= 15 is 0 Å². The summed E-state index contributed by atoms with van der Waals surface area (Å²) in [6.45, 7) is 4.56. The van der Waals surface area contributed by atoms with E-state index in [1.54, 1.807) is 29.6 Å². The van der Waals surface area contributed by atoms with Crippen LogP contribution in [0.5, 0.6) is 0 Å². The van der Waals surface area contributed by atoms with Crippen molar-refractivity contribution >= 4 is 33.8 Å². The van der Waals surface area contributed by atoms with Gasteiger partial charge in [-0.2, -0.15) is 0 Å². The van der Waals surface area contributed by atoms with Gasteiger partial charge in [-0.3, -0.25) is 29.9 Å². The fourth-order valence-corrected chi connectivity index (χ4v) is 4.62. The second-order valence-corrected chi connectivity index (χ2v) is 9.05. The summed E-state index contributed by atoms with van der Waals surface area (Å²) in [6.07, 6.45) is 0.330. The number of amides is 1. The number of anilines is 1. The molecule has 0 aliphatic carbocycles. The number of carbonyl (C=O) groups excluding carboxylic acids is 1. The van der Waals surface area contributed by atoms with Crippen LogP contribution in [0, 0.1) is 20.2 Å². The molecule has 2 heterocycles. The summed E-state index contributed by atoms with van der Waals surface area (Å²) < 4.78 is 0. The molecule has 1 aliphatic rings. The Morgan fingerprint density at radius 1 is 0.971 bits per heavy atom. The summed E-state index contributed by atoms with van der Waals surface area (Å²) in [5.41, 5.74) is 2.21. The molecular formula is C23H24N6O5S. The molecule has 0 unspecified atom stereocenters. The number of rotatable bonds is 9. The maximum atomic E-state index is 12.4. The van der Waals surface area contributed by atoms with Crippen molar-refractivity contribution < 1.29 is 14.6 Å². The molecule has 0 saturated carbocycles. The van der Waals surface area contributed by atoms with Crippen molar-refractivity contribution in [3.8, 4) is 11.3 Å². The molecule has 182 valence electrons. The number of hydrogen-bond acceptors (Lipinski definition) is 9. The van der Waals surface area contributed by atoms with Gasteiger partial charge in [0.15, 0.2) is 5.13 Å². The quantitative estimate of drug-likeness (QED) is 0.349. The van der Waals surface area contributed by atoms with E-state index in [1.165, 1.54) is 29.5 Å². The lowest BCUT2D eigenvalue weighted by molar-refractivity contribution is -0.385. The first kappa shape index (κ1) is 24.4. The molecule has 2 aromatic carbocycles. The van der Waals surface area contributed by atoms with Crippen LogP contribution in [0.25, 0.3) is 11.3 Å². The highest BCUT2D eigenvalue weighted by molar-refractivity contribution is 7.14. The predicted molar refractivity (Wildman–Crippen MR) is 132 cm³/mol. The van der Waals surface area contributed by atoms with Crippen LogP contribution in [0.2, 0.25) is 0 Å². The molecule has 0 radical (unpaired) electrons. The minimum absolute atomic E-state index is 0.00809. The Morgan fingerprint density at radius 3 is 2.34 bits per heavy atom. The molecule has 3 aromatic rings. The van der Waals surface area contributed by atoms with Crippen LogP contribution in [-0.2, 0) is 11.3 Å². The summed E-state index contributed by atoms with van der Waals surface area (Å²) >= 11 is 1.28. The summed E-state index contributed by atoms with van der Waals surface area (Å²) in [5, 5.41) is 27.0. The highest BCUT2D eigenvalue weighted by Crippen LogP contribution is 2.27. The van der Waals surface area contributed by atoms with Gasteiger partial charge in [-0.15, -0.1) is 11.3 Å². The van der Waals surface area contributed by atoms with E-state index in [1.807, 2.05) is 6.07 Å². The molecule has 1 fully saturated rings. The van der Waals surface area contributed by atoms with Gasteiger partial charge in [0.25, 0.3) is 11.4 Å². The smallest absolute Gasteiger partial charge is 0.270 e. The number of nitrogens with one attached hydrogen (secondary N) is 1. The number of aromatic nitrogens is 1. The summed E-state index contributed by atoms with van der Waals surface area (Å²) in [7, 11) is 0. The molecule has 0 spiro atoms. The van der Waals surface area contributed by atoms with Crippen molar-refractivity contribution in [2.24, 2.45) is 0 Å². The van der Waals surface area contributed by atoms with Gasteiger partial charge in [0, 0.05) is 80.9 Å². The van der Waals surface area contributed by atoms with Crippen LogP contribution in [-0.4, -0.2) is 63.3 Å². The monoisotopic (exact) mass is 496 g/mol. The van der Waals surface area contributed by atoms with E-state index in [4.69, 9.17) is 0 Å². The van der Waals surface area contributed by atoms with Gasteiger partial charge in [0.05, 0.1) is 15.5 Å². The molecule has 1 aliphatic heterocycles. The van der Waals surface area contributed by atoms with E-state index in [-0.39, 0.29) is 22.2 Å². The Hall–Kier alpha value is -3.74. The zero-order valence-electron chi connectivity index (χ0n) is 18.8. The highest BCUT2D eigenvalue weighted by Gasteiger charge is 2.19. The first-order chi connectivity index (χ1) is 16.9. The molecule has 35 heavy (non-hydrogen) atoms. The van der Waals surface area contributed by atoms with Gasteiger partial charge < -0.3 is 10.2 Å². The van der Waals surface area contributed by atoms with Gasteiger partial charge in [0.2, 0.25) is 5.91 Å². The van der Waals surface area contributed by atoms with Crippen LogP contribution >= 0.6 is 11.3 Å². The molecule has 12 heteroatoms. The molecule has 4 rings (SSSR count). The number of carbonyl (C=O) groups is 1. The molecule has 11 nitrogen and oxygen atoms in total. The van der Waals surface area contributed by atoms with Crippen LogP contribution in [0.15, 0.2) is 53.9 Å². The number of non-ortho nitro benzene ring substituents is 2. The molecule has 0 atom stereocenters. The lowest BCUT2D eigenvalue weighted by Crippen LogP contribution is -2.46. The molecule has 1 amide bonds. The van der Waals surface area contributed by atoms with Crippen molar-refractivity contribution in [3.05, 3.63) is 79.7 Å². The van der Waals surface area contributed by atoms with Crippen molar-refractivity contribution in [3.63, 3.8) is 0 Å². The number of hydrogen-bond donors (Lipinski definition) is 1. The van der Waals surface area contributed by atoms with Crippen molar-refractivity contribution in [2.45, 2.75) is 13.0 Å². The van der Waals surface area contributed by atoms with Crippen LogP contribution in [0.4, 0.5) is 16.5 Å². The maximum absolute atomic E-state index is 12.4. The highest BCUT2D eigenvalue weighted by atomic mass is 32.1. The van der Waals surface area contributed by atoms with Crippen molar-refractivity contribution in [2.75, 3.05) is 38.0 Å². The van der Waals surface area contributed by atoms with E-state index < -0.39 is 4.92 Å². The Labute approximate surface area is 205 Å². The van der Waals surface area contributed by atoms with E-state index in [0.717, 1.165) is 31.7 Å². The van der Waals surface area contributed by atoms with Gasteiger partial charge in [-0.05, 0) is 5.56 Å². The van der Waals surface area contributed by atoms with Crippen LogP contribution in [0.1, 0.15) is 12.0 Å². The SMILES string of the molecule is O=C(CCN1CCN(Cc2cccc([N+](=O)[O-])c2)CC1)Nc1nc(-c2cccc([N+](=O)[O-])c2)cs1. The number of piperazine rings is 1. The normalized spacial score (nSPS) is 14.5. The standard InChI is InChI=1S/C23H24N6O5S/c30-22(25-23-24-21(16-35-23)18-4-2-6-20(14-18)29(33)34)7-8-26-9-11-27(12-10-26)15-17-3-1-5-19(13-17)28(31)32/h1-6,13-14,16H,7-12,15H2,(H,24,25,30). The van der Waals surface area contributed by atoms with Gasteiger partial charge in [-0.25, -0.2) is 4.98 Å². The zero-order valence-corrected chi connectivity index (χ0v) is 19.6. The summed E-state index contributed by atoms with van der Waals surface area (Å²) in [6, 6.07) is 12.9. The minimum Gasteiger partial charge on any atom is -0.302 e. The fraction of sp³-hybridized carbons (Fsp3) is 0.304. The van der Waals surface area contributed by atoms with E-state index in [2.05, 4.69) is 20.1 Å². The zero-order chi connectivity index (χ0) is 24.8. The lowest BCUT2D eigenvalue weighted by atomic mass is 10.1. The Morgan fingerprint density at radius 2 is 1.63 bits per heavy atom. The third kappa shape index (κ3) is 6.66. The number of nitro benzene ring substituents is 2. The molecule has 1 saturated heterocycles. The topological polar surface area (TPSA) is 135 Å². The predicted octanol–water partition coefficient (Wildman–Crippen LogP) is 3.77. The maximum Gasteiger partial charge on any atom is 0.270 e. The fourth-order valence-electron chi connectivity index (χ4n) is 3.88. The van der Waals surface area contributed by atoms with Crippen molar-refractivity contribution in [1.82, 2.24) is 14.8 Å². The van der Waals surface area contributed by atoms with Gasteiger partial charge >= 0.3 is 0 Å². The third-order valence-corrected chi connectivity index (χ3v) is 6.51. The van der Waals surface area contributed by atoms with E-state index in [9.17, 15) is 25.0 Å². The molecular weight excluding hydrogens is 472 g/mol. The lowest BCUT2D eigenvalue weighted by Gasteiger charge is -2.34. The largest absolute Gasteiger partial charge is 0.302 e. The van der Waals surface area contributed by atoms with Crippen LogP contribution in [0.3, 0.4) is 0 Å². The number of nitrogens with zero attached hydrogens (tertiary/aromatic N) is 5. The van der Waals surface area contributed by atoms with Gasteiger partial charge in [-0.1, -0.05) is 24.3 Å². The second-order valence-electron chi connectivity index (χ2n) is 8.19. The minimum atomic E-state index is -0.452. The average molecular weight is 497 g/mol. The number of thiazole rings is 1. The Balaban J connectivity index is 1.21. The molecule has 0 bridgehead atoms. The number of nitro groups is 2. The first-order valence-electron chi connectivity index (χ1n) is 11.1. The third-order valence-electron chi connectivity index (χ3n) is 5.75. The summed E-state index contributed by atoms with van der Waals surface area (Å²) in [5.74, 6) is -0.135. The van der Waals surface area contributed by atoms with E-state index in [0.29, 0.717) is 35.9 Å². The Bertz CT molecular complexity index is 1220. The van der Waals surface area contributed by atoms with Gasteiger partial charge in [0.1, 0.15) is 0 Å². The Kier molecular flexibility index (Phi) is 7.75. The van der Waals surface area contributed by atoms with Crippen LogP contribution < -0.4 is 5.32 Å². The first-order valence-corrected chi connectivity index (χ1v) is 11.9. The second kappa shape index (κ2) is 11.1. The van der Waals surface area contributed by atoms with Crippen molar-refractivity contribution in [1.29, 1.82) is 0 Å².